The zero-order valence-corrected chi connectivity index (χ0v) is 9.32. The van der Waals surface area contributed by atoms with Crippen molar-refractivity contribution < 1.29 is 9.53 Å². The van der Waals surface area contributed by atoms with E-state index in [2.05, 4.69) is 10.7 Å². The monoisotopic (exact) mass is 243 g/mol. The fourth-order valence-electron chi connectivity index (χ4n) is 1.07. The van der Waals surface area contributed by atoms with Gasteiger partial charge in [-0.15, -0.1) is 6.42 Å². The summed E-state index contributed by atoms with van der Waals surface area (Å²) in [6, 6.07) is 1.37. The second kappa shape index (κ2) is 4.43. The molecule has 0 aliphatic rings. The van der Waals surface area contributed by atoms with Crippen LogP contribution in [0.1, 0.15) is 15.9 Å². The molecular weight excluding hydrogens is 237 g/mol. The van der Waals surface area contributed by atoms with Crippen molar-refractivity contribution in [1.82, 2.24) is 0 Å². The SMILES string of the molecule is C#Cc1c(N)cc(Cl)c(C(=O)OC)c1Cl. The first-order valence-electron chi connectivity index (χ1n) is 3.85. The van der Waals surface area contributed by atoms with E-state index in [0.29, 0.717) is 0 Å². The number of ether oxygens (including phenoxy) is 1. The van der Waals surface area contributed by atoms with E-state index in [4.69, 9.17) is 35.4 Å². The molecular formula is C10H7Cl2NO2. The first-order chi connectivity index (χ1) is 7.02. The van der Waals surface area contributed by atoms with Gasteiger partial charge < -0.3 is 10.5 Å². The Morgan fingerprint density at radius 1 is 1.60 bits per heavy atom. The minimum Gasteiger partial charge on any atom is -0.465 e. The third-order valence-electron chi connectivity index (χ3n) is 1.78. The van der Waals surface area contributed by atoms with Crippen LogP contribution >= 0.6 is 23.2 Å². The lowest BCUT2D eigenvalue weighted by atomic mass is 10.1. The molecule has 78 valence electrons. The van der Waals surface area contributed by atoms with Crippen molar-refractivity contribution >= 4 is 34.9 Å². The summed E-state index contributed by atoms with van der Waals surface area (Å²) in [5.41, 5.74) is 6.10. The number of terminal acetylenes is 1. The molecule has 0 atom stereocenters. The molecule has 0 spiro atoms. The van der Waals surface area contributed by atoms with Crippen LogP contribution in [0.2, 0.25) is 10.0 Å². The Hall–Kier alpha value is -1.37. The highest BCUT2D eigenvalue weighted by atomic mass is 35.5. The quantitative estimate of drug-likeness (QED) is 0.468. The van der Waals surface area contributed by atoms with Gasteiger partial charge in [-0.3, -0.25) is 0 Å². The summed E-state index contributed by atoms with van der Waals surface area (Å²) in [6.07, 6.45) is 5.20. The summed E-state index contributed by atoms with van der Waals surface area (Å²) in [5.74, 6) is 1.64. The highest BCUT2D eigenvalue weighted by Gasteiger charge is 2.19. The Morgan fingerprint density at radius 2 is 2.20 bits per heavy atom. The predicted molar refractivity (Wildman–Crippen MR) is 60.1 cm³/mol. The second-order valence-electron chi connectivity index (χ2n) is 2.65. The minimum atomic E-state index is -0.651. The number of nitrogen functional groups attached to an aromatic ring is 1. The molecule has 0 fully saturated rings. The molecule has 0 saturated carbocycles. The number of carbonyl (C=O) groups excluding carboxylic acids is 1. The summed E-state index contributed by atoms with van der Waals surface area (Å²) >= 11 is 11.7. The van der Waals surface area contributed by atoms with Crippen molar-refractivity contribution in [3.05, 3.63) is 27.2 Å². The number of esters is 1. The molecule has 0 aliphatic heterocycles. The van der Waals surface area contributed by atoms with E-state index in [9.17, 15) is 4.79 Å². The summed E-state index contributed by atoms with van der Waals surface area (Å²) in [5, 5.41) is 0.151. The van der Waals surface area contributed by atoms with E-state index in [1.165, 1.54) is 13.2 Å². The van der Waals surface area contributed by atoms with E-state index in [1.54, 1.807) is 0 Å². The van der Waals surface area contributed by atoms with Crippen LogP contribution in [0.5, 0.6) is 0 Å². The molecule has 0 aliphatic carbocycles. The normalized spacial score (nSPS) is 9.47. The van der Waals surface area contributed by atoms with Gasteiger partial charge in [-0.05, 0) is 6.07 Å². The van der Waals surface area contributed by atoms with E-state index >= 15 is 0 Å². The summed E-state index contributed by atoms with van der Waals surface area (Å²) in [6.45, 7) is 0. The Morgan fingerprint density at radius 3 is 2.67 bits per heavy atom. The third kappa shape index (κ3) is 2.01. The summed E-state index contributed by atoms with van der Waals surface area (Å²) < 4.78 is 4.52. The summed E-state index contributed by atoms with van der Waals surface area (Å²) in [7, 11) is 1.22. The molecule has 15 heavy (non-hydrogen) atoms. The zero-order chi connectivity index (χ0) is 11.6. The topological polar surface area (TPSA) is 52.3 Å². The second-order valence-corrected chi connectivity index (χ2v) is 3.43. The van der Waals surface area contributed by atoms with E-state index in [0.717, 1.165) is 0 Å². The van der Waals surface area contributed by atoms with Crippen molar-refractivity contribution in [2.24, 2.45) is 0 Å². The van der Waals surface area contributed by atoms with Gasteiger partial charge in [0.1, 0.15) is 0 Å². The van der Waals surface area contributed by atoms with Gasteiger partial charge in [0.05, 0.1) is 34.0 Å². The minimum absolute atomic E-state index is 0.0305. The van der Waals surface area contributed by atoms with Crippen molar-refractivity contribution in [1.29, 1.82) is 0 Å². The number of hydrogen-bond donors (Lipinski definition) is 1. The van der Waals surface area contributed by atoms with Gasteiger partial charge in [-0.25, -0.2) is 4.79 Å². The molecule has 0 radical (unpaired) electrons. The van der Waals surface area contributed by atoms with Crippen LogP contribution in [0.25, 0.3) is 0 Å². The molecule has 0 amide bonds. The van der Waals surface area contributed by atoms with Crippen LogP contribution in [0.15, 0.2) is 6.07 Å². The Balaban J connectivity index is 3.54. The van der Waals surface area contributed by atoms with Crippen LogP contribution in [-0.4, -0.2) is 13.1 Å². The highest BCUT2D eigenvalue weighted by Crippen LogP contribution is 2.32. The van der Waals surface area contributed by atoms with Crippen LogP contribution in [-0.2, 0) is 4.74 Å². The van der Waals surface area contributed by atoms with Gasteiger partial charge in [-0.1, -0.05) is 29.1 Å². The lowest BCUT2D eigenvalue weighted by Gasteiger charge is -2.08. The standard InChI is InChI=1S/C10H7Cl2NO2/c1-3-5-7(13)4-6(11)8(9(5)12)10(14)15-2/h1,4H,13H2,2H3. The number of nitrogens with two attached hydrogens (primary N) is 1. The molecule has 0 heterocycles. The fourth-order valence-corrected chi connectivity index (χ4v) is 1.75. The van der Waals surface area contributed by atoms with Crippen molar-refractivity contribution in [3.63, 3.8) is 0 Å². The molecule has 3 nitrogen and oxygen atoms in total. The number of halogens is 2. The van der Waals surface area contributed by atoms with Gasteiger partial charge in [0.15, 0.2) is 0 Å². The van der Waals surface area contributed by atoms with Gasteiger partial charge >= 0.3 is 5.97 Å². The third-order valence-corrected chi connectivity index (χ3v) is 2.46. The lowest BCUT2D eigenvalue weighted by molar-refractivity contribution is 0.0601. The Bertz CT molecular complexity index is 463. The fraction of sp³-hybridized carbons (Fsp3) is 0.100. The van der Waals surface area contributed by atoms with E-state index in [-0.39, 0.29) is 26.9 Å². The van der Waals surface area contributed by atoms with Crippen LogP contribution < -0.4 is 5.73 Å². The van der Waals surface area contributed by atoms with Crippen molar-refractivity contribution in [3.8, 4) is 12.3 Å². The predicted octanol–water partition coefficient (Wildman–Crippen LogP) is 2.34. The van der Waals surface area contributed by atoms with Crippen molar-refractivity contribution in [2.75, 3.05) is 12.8 Å². The Labute approximate surface area is 97.1 Å². The molecule has 0 saturated heterocycles. The van der Waals surface area contributed by atoms with Gasteiger partial charge in [0.25, 0.3) is 0 Å². The number of methoxy groups -OCH3 is 1. The van der Waals surface area contributed by atoms with Gasteiger partial charge in [0, 0.05) is 0 Å². The first-order valence-corrected chi connectivity index (χ1v) is 4.61. The highest BCUT2D eigenvalue weighted by molar-refractivity contribution is 6.40. The van der Waals surface area contributed by atoms with Gasteiger partial charge in [-0.2, -0.15) is 0 Å². The molecule has 1 aromatic carbocycles. The average Bonchev–Trinajstić information content (AvgIpc) is 2.17. The molecule has 2 N–H and O–H groups in total. The maximum Gasteiger partial charge on any atom is 0.340 e. The largest absolute Gasteiger partial charge is 0.465 e. The van der Waals surface area contributed by atoms with Crippen LogP contribution in [0.3, 0.4) is 0 Å². The number of carbonyl (C=O) groups is 1. The van der Waals surface area contributed by atoms with E-state index < -0.39 is 5.97 Å². The van der Waals surface area contributed by atoms with Crippen molar-refractivity contribution in [2.45, 2.75) is 0 Å². The molecule has 1 rings (SSSR count). The maximum atomic E-state index is 11.3. The lowest BCUT2D eigenvalue weighted by Crippen LogP contribution is -2.06. The number of hydrogen-bond acceptors (Lipinski definition) is 3. The zero-order valence-electron chi connectivity index (χ0n) is 7.80. The summed E-state index contributed by atoms with van der Waals surface area (Å²) in [4.78, 5) is 11.3. The molecule has 1 aromatic rings. The van der Waals surface area contributed by atoms with Gasteiger partial charge in [0.2, 0.25) is 0 Å². The number of rotatable bonds is 1. The first kappa shape index (κ1) is 11.7. The smallest absolute Gasteiger partial charge is 0.340 e. The Kier molecular flexibility index (Phi) is 3.46. The maximum absolute atomic E-state index is 11.3. The molecule has 0 aromatic heterocycles. The van der Waals surface area contributed by atoms with Crippen LogP contribution in [0, 0.1) is 12.3 Å². The number of benzene rings is 1. The molecule has 5 heteroatoms. The number of anilines is 1. The average molecular weight is 244 g/mol. The molecule has 0 bridgehead atoms. The van der Waals surface area contributed by atoms with Crippen LogP contribution in [0.4, 0.5) is 5.69 Å². The molecule has 0 unspecified atom stereocenters. The van der Waals surface area contributed by atoms with E-state index in [1.807, 2.05) is 0 Å².